The van der Waals surface area contributed by atoms with E-state index in [9.17, 15) is 35.9 Å². The molecule has 0 N–H and O–H groups in total. The number of amides is 2. The Morgan fingerprint density at radius 1 is 0.691 bits per heavy atom. The topological polar surface area (TPSA) is 69.6 Å². The standard InChI is InChI=1S/C42H39F6N5O2/c1-51(28-33-15-21-38(50-27-33)42(46,47)48)24-25-52(2)40(55)37(26-31-8-4-3-5-9-31)53(29-32-11-17-34(18-12-32)36-10-6-7-23-49-36)39(54)22-16-30-13-19-35(20-14-30)41(43,44)45/h3-23,27,37H,24-26,28-29H2,1-2H3/b22-16+/t37-/m0/s1. The molecule has 2 amide bonds. The molecule has 0 saturated carbocycles. The molecular formula is C42H39F6N5O2. The summed E-state index contributed by atoms with van der Waals surface area (Å²) >= 11 is 0. The Morgan fingerprint density at radius 2 is 1.36 bits per heavy atom. The molecule has 3 aromatic carbocycles. The molecule has 0 aliphatic rings. The zero-order valence-corrected chi connectivity index (χ0v) is 30.1. The van der Waals surface area contributed by atoms with Gasteiger partial charge in [0.2, 0.25) is 11.8 Å². The van der Waals surface area contributed by atoms with E-state index < -0.39 is 35.6 Å². The fourth-order valence-electron chi connectivity index (χ4n) is 5.83. The first kappa shape index (κ1) is 40.4. The summed E-state index contributed by atoms with van der Waals surface area (Å²) in [5.41, 5.74) is 2.30. The van der Waals surface area contributed by atoms with Gasteiger partial charge in [-0.1, -0.05) is 78.9 Å². The van der Waals surface area contributed by atoms with Gasteiger partial charge in [-0.05, 0) is 65.7 Å². The molecule has 2 heterocycles. The van der Waals surface area contributed by atoms with Gasteiger partial charge in [-0.3, -0.25) is 19.6 Å². The molecule has 0 spiro atoms. The van der Waals surface area contributed by atoms with Crippen LogP contribution < -0.4 is 0 Å². The van der Waals surface area contributed by atoms with E-state index >= 15 is 0 Å². The van der Waals surface area contributed by atoms with Gasteiger partial charge in [-0.25, -0.2) is 0 Å². The maximum atomic E-state index is 14.4. The first-order chi connectivity index (χ1) is 26.2. The fraction of sp³-hybridized carbons (Fsp3) is 0.238. The third-order valence-corrected chi connectivity index (χ3v) is 8.90. The summed E-state index contributed by atoms with van der Waals surface area (Å²) in [5.74, 6) is -0.877. The van der Waals surface area contributed by atoms with Gasteiger partial charge >= 0.3 is 12.4 Å². The van der Waals surface area contributed by atoms with Crippen LogP contribution in [-0.4, -0.2) is 69.7 Å². The molecule has 0 bridgehead atoms. The monoisotopic (exact) mass is 759 g/mol. The van der Waals surface area contributed by atoms with E-state index in [1.807, 2.05) is 77.7 Å². The van der Waals surface area contributed by atoms with Crippen molar-refractivity contribution in [1.29, 1.82) is 0 Å². The molecular weight excluding hydrogens is 720 g/mol. The smallest absolute Gasteiger partial charge is 0.343 e. The predicted molar refractivity (Wildman–Crippen MR) is 198 cm³/mol. The van der Waals surface area contributed by atoms with E-state index in [-0.39, 0.29) is 32.0 Å². The Hall–Kier alpha value is -5.82. The second-order valence-corrected chi connectivity index (χ2v) is 13.1. The van der Waals surface area contributed by atoms with E-state index in [0.717, 1.165) is 40.6 Å². The number of alkyl halides is 6. The van der Waals surface area contributed by atoms with Gasteiger partial charge in [0.15, 0.2) is 0 Å². The molecule has 5 rings (SSSR count). The van der Waals surface area contributed by atoms with Crippen LogP contribution in [0.3, 0.4) is 0 Å². The Bertz CT molecular complexity index is 2020. The minimum Gasteiger partial charge on any atom is -0.343 e. The molecule has 0 unspecified atom stereocenters. The van der Waals surface area contributed by atoms with Gasteiger partial charge in [-0.2, -0.15) is 26.3 Å². The molecule has 2 aromatic heterocycles. The van der Waals surface area contributed by atoms with Crippen LogP contribution in [0.25, 0.3) is 17.3 Å². The predicted octanol–water partition coefficient (Wildman–Crippen LogP) is 8.42. The number of halogens is 6. The number of benzene rings is 3. The van der Waals surface area contributed by atoms with Gasteiger partial charge in [0.05, 0.1) is 11.3 Å². The van der Waals surface area contributed by atoms with Crippen molar-refractivity contribution in [2.75, 3.05) is 27.2 Å². The molecule has 0 fully saturated rings. The molecule has 1 atom stereocenters. The Balaban J connectivity index is 1.40. The van der Waals surface area contributed by atoms with Gasteiger partial charge in [-0.15, -0.1) is 0 Å². The lowest BCUT2D eigenvalue weighted by Crippen LogP contribution is -2.51. The minimum absolute atomic E-state index is 0.0383. The lowest BCUT2D eigenvalue weighted by Gasteiger charge is -2.34. The number of carbonyl (C=O) groups excluding carboxylic acids is 2. The van der Waals surface area contributed by atoms with Crippen molar-refractivity contribution < 1.29 is 35.9 Å². The number of rotatable bonds is 14. The summed E-state index contributed by atoms with van der Waals surface area (Å²) < 4.78 is 78.4. The highest BCUT2D eigenvalue weighted by Gasteiger charge is 2.33. The second kappa shape index (κ2) is 18.0. The van der Waals surface area contributed by atoms with Crippen LogP contribution in [0.2, 0.25) is 0 Å². The molecule has 5 aromatic rings. The summed E-state index contributed by atoms with van der Waals surface area (Å²) in [6.07, 6.45) is -3.35. The van der Waals surface area contributed by atoms with Gasteiger partial charge in [0.1, 0.15) is 11.7 Å². The van der Waals surface area contributed by atoms with E-state index in [2.05, 4.69) is 9.97 Å². The number of aromatic nitrogens is 2. The summed E-state index contributed by atoms with van der Waals surface area (Å²) in [7, 11) is 3.39. The minimum atomic E-state index is -4.54. The molecule has 13 heteroatoms. The van der Waals surface area contributed by atoms with Gasteiger partial charge < -0.3 is 14.7 Å². The molecule has 7 nitrogen and oxygen atoms in total. The third kappa shape index (κ3) is 11.6. The number of likely N-dealkylation sites (N-methyl/N-ethyl adjacent to an activating group) is 2. The van der Waals surface area contributed by atoms with E-state index in [0.29, 0.717) is 17.7 Å². The van der Waals surface area contributed by atoms with Crippen LogP contribution in [0, 0.1) is 0 Å². The zero-order valence-electron chi connectivity index (χ0n) is 30.1. The average Bonchev–Trinajstić information content (AvgIpc) is 3.17. The Morgan fingerprint density at radius 3 is 1.96 bits per heavy atom. The molecule has 55 heavy (non-hydrogen) atoms. The van der Waals surface area contributed by atoms with Crippen molar-refractivity contribution >= 4 is 17.9 Å². The third-order valence-electron chi connectivity index (χ3n) is 8.90. The summed E-state index contributed by atoms with van der Waals surface area (Å²) in [6, 6.07) is 27.9. The van der Waals surface area contributed by atoms with Crippen molar-refractivity contribution in [2.45, 2.75) is 37.9 Å². The van der Waals surface area contributed by atoms with Crippen LogP contribution >= 0.6 is 0 Å². The maximum Gasteiger partial charge on any atom is 0.433 e. The van der Waals surface area contributed by atoms with Gasteiger partial charge in [0.25, 0.3) is 0 Å². The Kier molecular flexibility index (Phi) is 13.2. The molecule has 0 radical (unpaired) electrons. The zero-order chi connectivity index (χ0) is 39.6. The summed E-state index contributed by atoms with van der Waals surface area (Å²) in [5, 5.41) is 0. The Labute approximate surface area is 315 Å². The van der Waals surface area contributed by atoms with Crippen LogP contribution in [-0.2, 0) is 41.5 Å². The van der Waals surface area contributed by atoms with Crippen molar-refractivity contribution in [3.8, 4) is 11.3 Å². The highest BCUT2D eigenvalue weighted by molar-refractivity contribution is 5.95. The molecule has 0 saturated heterocycles. The number of nitrogens with zero attached hydrogens (tertiary/aromatic N) is 5. The number of pyridine rings is 2. The highest BCUT2D eigenvalue weighted by Crippen LogP contribution is 2.30. The van der Waals surface area contributed by atoms with Crippen LogP contribution in [0.1, 0.15) is 33.5 Å². The number of carbonyl (C=O) groups is 2. The van der Waals surface area contributed by atoms with E-state index in [1.54, 1.807) is 20.3 Å². The van der Waals surface area contributed by atoms with Crippen LogP contribution in [0.5, 0.6) is 0 Å². The largest absolute Gasteiger partial charge is 0.433 e. The van der Waals surface area contributed by atoms with Gasteiger partial charge in [0, 0.05) is 63.7 Å². The highest BCUT2D eigenvalue weighted by atomic mass is 19.4. The molecule has 286 valence electrons. The second-order valence-electron chi connectivity index (χ2n) is 13.1. The van der Waals surface area contributed by atoms with Crippen molar-refractivity contribution in [3.63, 3.8) is 0 Å². The molecule has 0 aliphatic carbocycles. The normalized spacial score (nSPS) is 12.5. The van der Waals surface area contributed by atoms with Crippen LogP contribution in [0.4, 0.5) is 26.3 Å². The lowest BCUT2D eigenvalue weighted by molar-refractivity contribution is -0.143. The summed E-state index contributed by atoms with van der Waals surface area (Å²) in [4.78, 5) is 41.3. The van der Waals surface area contributed by atoms with E-state index in [1.165, 1.54) is 46.3 Å². The van der Waals surface area contributed by atoms with E-state index in [4.69, 9.17) is 0 Å². The lowest BCUT2D eigenvalue weighted by atomic mass is 10.0. The SMILES string of the molecule is CN(CCN(C)C(=O)[C@H](Cc1ccccc1)N(Cc1ccc(-c2ccccn2)cc1)C(=O)/C=C/c1ccc(C(F)(F)F)cc1)Cc1ccc(C(F)(F)F)nc1. The summed E-state index contributed by atoms with van der Waals surface area (Å²) in [6.45, 7) is 0.917. The fourth-order valence-corrected chi connectivity index (χ4v) is 5.83. The van der Waals surface area contributed by atoms with Crippen molar-refractivity contribution in [1.82, 2.24) is 24.7 Å². The quantitative estimate of drug-likeness (QED) is 0.0841. The van der Waals surface area contributed by atoms with Crippen molar-refractivity contribution in [3.05, 3.63) is 161 Å². The number of hydrogen-bond acceptors (Lipinski definition) is 5. The maximum absolute atomic E-state index is 14.4. The molecule has 0 aliphatic heterocycles. The van der Waals surface area contributed by atoms with Crippen LogP contribution in [0.15, 0.2) is 128 Å². The first-order valence-electron chi connectivity index (χ1n) is 17.3. The van der Waals surface area contributed by atoms with Crippen molar-refractivity contribution in [2.24, 2.45) is 0 Å². The number of hydrogen-bond donors (Lipinski definition) is 0. The average molecular weight is 760 g/mol. The first-order valence-corrected chi connectivity index (χ1v) is 17.3.